The zero-order chi connectivity index (χ0) is 21.0. The molecule has 0 aromatic heterocycles. The molecule has 3 N–H and O–H groups in total. The van der Waals surface area contributed by atoms with Gasteiger partial charge in [-0.25, -0.2) is 0 Å². The third-order valence-corrected chi connectivity index (χ3v) is 5.05. The zero-order valence-corrected chi connectivity index (χ0v) is 16.9. The van der Waals surface area contributed by atoms with Crippen molar-refractivity contribution in [2.75, 3.05) is 33.9 Å². The maximum Gasteiger partial charge on any atom is 0.196 e. The first-order valence-electron chi connectivity index (χ1n) is 9.48. The fraction of sp³-hybridized carbons (Fsp3) is 0.261. The molecule has 3 rings (SSSR count). The van der Waals surface area contributed by atoms with Crippen LogP contribution in [0.2, 0.25) is 0 Å². The van der Waals surface area contributed by atoms with E-state index >= 15 is 0 Å². The summed E-state index contributed by atoms with van der Waals surface area (Å²) >= 11 is 0. The van der Waals surface area contributed by atoms with E-state index in [9.17, 15) is 15.0 Å². The van der Waals surface area contributed by atoms with Gasteiger partial charge in [-0.05, 0) is 54.5 Å². The van der Waals surface area contributed by atoms with Gasteiger partial charge in [-0.2, -0.15) is 0 Å². The summed E-state index contributed by atoms with van der Waals surface area (Å²) in [6.45, 7) is 4.20. The van der Waals surface area contributed by atoms with Crippen LogP contribution >= 0.6 is 0 Å². The summed E-state index contributed by atoms with van der Waals surface area (Å²) in [6, 6.07) is 10.1. The van der Waals surface area contributed by atoms with Crippen LogP contribution in [0.25, 0.3) is 12.2 Å². The maximum absolute atomic E-state index is 13.1. The molecular weight excluding hydrogens is 370 g/mol. The van der Waals surface area contributed by atoms with Crippen molar-refractivity contribution in [2.24, 2.45) is 0 Å². The van der Waals surface area contributed by atoms with Crippen molar-refractivity contribution in [1.82, 2.24) is 0 Å². The minimum atomic E-state index is -0.0205. The van der Waals surface area contributed by atoms with E-state index in [1.54, 1.807) is 24.3 Å². The van der Waals surface area contributed by atoms with Gasteiger partial charge in [0, 0.05) is 0 Å². The highest BCUT2D eigenvalue weighted by Gasteiger charge is 2.28. The Morgan fingerprint density at radius 3 is 1.69 bits per heavy atom. The maximum atomic E-state index is 13.1. The summed E-state index contributed by atoms with van der Waals surface area (Å²) in [4.78, 5) is 14.3. The first-order valence-corrected chi connectivity index (χ1v) is 9.48. The molecule has 2 aromatic carbocycles. The Morgan fingerprint density at radius 2 is 1.34 bits per heavy atom. The Kier molecular flexibility index (Phi) is 6.24. The number of carbonyl (C=O) groups excluding carboxylic acids is 1. The van der Waals surface area contributed by atoms with Gasteiger partial charge >= 0.3 is 0 Å². The van der Waals surface area contributed by atoms with Crippen LogP contribution in [0.4, 0.5) is 0 Å². The molecule has 1 unspecified atom stereocenters. The molecule has 1 aliphatic rings. The summed E-state index contributed by atoms with van der Waals surface area (Å²) in [5.74, 6) is 0.835. The molecule has 1 aliphatic heterocycles. The number of ketones is 1. The topological polar surface area (TPSA) is 80.4 Å². The Bertz CT molecular complexity index is 902. The van der Waals surface area contributed by atoms with Crippen LogP contribution in [0, 0.1) is 0 Å². The molecule has 1 atom stereocenters. The number of aromatic hydroxyl groups is 2. The van der Waals surface area contributed by atoms with E-state index in [0.29, 0.717) is 35.7 Å². The minimum absolute atomic E-state index is 0.0205. The number of nitrogens with one attached hydrogen (secondary N) is 1. The van der Waals surface area contributed by atoms with Crippen molar-refractivity contribution < 1.29 is 29.4 Å². The van der Waals surface area contributed by atoms with Crippen molar-refractivity contribution in [1.29, 1.82) is 0 Å². The Morgan fingerprint density at radius 1 is 0.897 bits per heavy atom. The molecule has 0 spiro atoms. The lowest BCUT2D eigenvalue weighted by Crippen LogP contribution is -3.13. The number of hydrogen-bond acceptors (Lipinski definition) is 5. The molecule has 152 valence electrons. The third-order valence-electron chi connectivity index (χ3n) is 5.05. The summed E-state index contributed by atoms with van der Waals surface area (Å²) in [6.07, 6.45) is 3.63. The highest BCUT2D eigenvalue weighted by molar-refractivity contribution is 6.14. The van der Waals surface area contributed by atoms with E-state index in [-0.39, 0.29) is 17.3 Å². The van der Waals surface area contributed by atoms with Crippen molar-refractivity contribution in [3.05, 3.63) is 58.7 Å². The highest BCUT2D eigenvalue weighted by Crippen LogP contribution is 2.29. The predicted molar refractivity (Wildman–Crippen MR) is 112 cm³/mol. The van der Waals surface area contributed by atoms with Gasteiger partial charge < -0.3 is 24.6 Å². The van der Waals surface area contributed by atoms with Gasteiger partial charge in [-0.15, -0.1) is 0 Å². The van der Waals surface area contributed by atoms with Gasteiger partial charge in [0.1, 0.15) is 13.1 Å². The van der Waals surface area contributed by atoms with E-state index < -0.39 is 0 Å². The number of rotatable bonds is 5. The number of ether oxygens (including phenoxy) is 2. The van der Waals surface area contributed by atoms with Crippen LogP contribution in [0.3, 0.4) is 0 Å². The van der Waals surface area contributed by atoms with E-state index in [0.717, 1.165) is 17.7 Å². The van der Waals surface area contributed by atoms with Gasteiger partial charge in [-0.3, -0.25) is 4.79 Å². The van der Waals surface area contributed by atoms with Crippen molar-refractivity contribution >= 4 is 17.9 Å². The number of likely N-dealkylation sites (tertiary alicyclic amines) is 1. The molecular formula is C23H26NO5+. The number of benzene rings is 2. The van der Waals surface area contributed by atoms with Crippen LogP contribution < -0.4 is 14.4 Å². The number of phenols is 2. The van der Waals surface area contributed by atoms with Crippen LogP contribution in [-0.4, -0.2) is 49.9 Å². The molecule has 0 saturated carbocycles. The van der Waals surface area contributed by atoms with Gasteiger partial charge in [0.2, 0.25) is 0 Å². The minimum Gasteiger partial charge on any atom is -0.504 e. The number of Topliss-reactive ketones (excluding diaryl/α,β-unsaturated/α-hetero) is 1. The number of quaternary nitrogens is 1. The molecule has 0 amide bonds. The lowest BCUT2D eigenvalue weighted by atomic mass is 9.94. The standard InChI is InChI=1S/C23H25NO5/c1-4-24-13-17(9-15-5-7-21(28-2)19(25)11-15)23(27)18(14-24)10-16-6-8-22(29-3)20(26)12-16/h5-12,25-26H,4,13-14H2,1-3H3/p+1/b17-9-,18-10+. The number of piperidine rings is 1. The molecule has 29 heavy (non-hydrogen) atoms. The summed E-state index contributed by atoms with van der Waals surface area (Å²) in [5, 5.41) is 20.0. The Labute approximate surface area is 170 Å². The van der Waals surface area contributed by atoms with E-state index in [1.165, 1.54) is 19.1 Å². The summed E-state index contributed by atoms with van der Waals surface area (Å²) in [7, 11) is 2.99. The van der Waals surface area contributed by atoms with Crippen LogP contribution in [0.1, 0.15) is 18.1 Å². The van der Waals surface area contributed by atoms with Gasteiger partial charge in [0.15, 0.2) is 28.8 Å². The average Bonchev–Trinajstić information content (AvgIpc) is 2.71. The second kappa shape index (κ2) is 8.84. The fourth-order valence-corrected chi connectivity index (χ4v) is 3.45. The Hall–Kier alpha value is -3.25. The Balaban J connectivity index is 1.94. The van der Waals surface area contributed by atoms with Crippen LogP contribution in [0.5, 0.6) is 23.0 Å². The molecule has 6 heteroatoms. The zero-order valence-electron chi connectivity index (χ0n) is 16.9. The average molecular weight is 396 g/mol. The van der Waals surface area contributed by atoms with Crippen LogP contribution in [-0.2, 0) is 4.79 Å². The number of methoxy groups -OCH3 is 2. The van der Waals surface area contributed by atoms with E-state index in [4.69, 9.17) is 9.47 Å². The second-order valence-electron chi connectivity index (χ2n) is 6.99. The second-order valence-corrected chi connectivity index (χ2v) is 6.99. The first kappa shape index (κ1) is 20.5. The monoisotopic (exact) mass is 396 g/mol. The molecule has 6 nitrogen and oxygen atoms in total. The van der Waals surface area contributed by atoms with Gasteiger partial charge in [0.05, 0.1) is 31.9 Å². The normalized spacial score (nSPS) is 19.6. The third kappa shape index (κ3) is 4.60. The SMILES string of the molecule is CC[NH+]1C/C(=C/c2ccc(OC)c(O)c2)C(=O)/C(=C/c2ccc(OC)c(O)c2)C1. The molecule has 0 aliphatic carbocycles. The smallest absolute Gasteiger partial charge is 0.196 e. The van der Waals surface area contributed by atoms with Gasteiger partial charge in [0.25, 0.3) is 0 Å². The summed E-state index contributed by atoms with van der Waals surface area (Å²) in [5.41, 5.74) is 2.85. The fourth-order valence-electron chi connectivity index (χ4n) is 3.45. The number of carbonyl (C=O) groups is 1. The van der Waals surface area contributed by atoms with Crippen molar-refractivity contribution in [3.8, 4) is 23.0 Å². The van der Waals surface area contributed by atoms with Crippen molar-refractivity contribution in [3.63, 3.8) is 0 Å². The van der Waals surface area contributed by atoms with Crippen LogP contribution in [0.15, 0.2) is 47.5 Å². The molecule has 0 bridgehead atoms. The number of likely N-dealkylation sites (N-methyl/N-ethyl adjacent to an activating group) is 1. The lowest BCUT2D eigenvalue weighted by Gasteiger charge is -2.25. The molecule has 2 aromatic rings. The van der Waals surface area contributed by atoms with E-state index in [2.05, 4.69) is 6.92 Å². The molecule has 0 radical (unpaired) electrons. The highest BCUT2D eigenvalue weighted by atomic mass is 16.5. The van der Waals surface area contributed by atoms with E-state index in [1.807, 2.05) is 24.3 Å². The number of phenolic OH excluding ortho intramolecular Hbond substituents is 2. The van der Waals surface area contributed by atoms with Gasteiger partial charge in [-0.1, -0.05) is 12.1 Å². The molecule has 1 fully saturated rings. The summed E-state index contributed by atoms with van der Waals surface area (Å²) < 4.78 is 10.1. The first-order chi connectivity index (χ1) is 13.9. The van der Waals surface area contributed by atoms with Crippen molar-refractivity contribution in [2.45, 2.75) is 6.92 Å². The number of hydrogen-bond donors (Lipinski definition) is 3. The molecule has 1 saturated heterocycles. The quantitative estimate of drug-likeness (QED) is 0.675. The largest absolute Gasteiger partial charge is 0.504 e. The predicted octanol–water partition coefficient (Wildman–Crippen LogP) is 2.07. The lowest BCUT2D eigenvalue weighted by molar-refractivity contribution is -0.889. The molecule has 1 heterocycles.